The van der Waals surface area contributed by atoms with Gasteiger partial charge in [0.05, 0.1) is 12.2 Å². The van der Waals surface area contributed by atoms with Crippen LogP contribution in [0.25, 0.3) is 0 Å². The molecule has 0 unspecified atom stereocenters. The largest absolute Gasteiger partial charge is 0.486 e. The molecule has 1 saturated heterocycles. The number of aromatic nitrogens is 1. The zero-order valence-corrected chi connectivity index (χ0v) is 19.6. The number of rotatable bonds is 10. The monoisotopic (exact) mass is 429 g/mol. The van der Waals surface area contributed by atoms with E-state index in [4.69, 9.17) is 9.72 Å². The van der Waals surface area contributed by atoms with Gasteiger partial charge in [-0.2, -0.15) is 0 Å². The fourth-order valence-electron chi connectivity index (χ4n) is 3.74. The fourth-order valence-corrected chi connectivity index (χ4v) is 4.44. The number of benzene rings is 1. The number of hydrogen-bond donors (Lipinski definition) is 0. The van der Waals surface area contributed by atoms with E-state index in [0.717, 1.165) is 42.6 Å². The van der Waals surface area contributed by atoms with Crippen LogP contribution in [0, 0.1) is 19.8 Å². The predicted octanol–water partition coefficient (Wildman–Crippen LogP) is 4.81. The molecule has 30 heavy (non-hydrogen) atoms. The van der Waals surface area contributed by atoms with Crippen molar-refractivity contribution in [2.45, 2.75) is 60.1 Å². The van der Waals surface area contributed by atoms with Crippen molar-refractivity contribution in [3.8, 4) is 5.75 Å². The van der Waals surface area contributed by atoms with Crippen molar-refractivity contribution in [1.82, 2.24) is 14.8 Å². The Kier molecular flexibility index (Phi) is 8.28. The van der Waals surface area contributed by atoms with Crippen molar-refractivity contribution in [1.29, 1.82) is 0 Å². The molecular formula is C24H35N3O2S. The van der Waals surface area contributed by atoms with Crippen LogP contribution < -0.4 is 4.74 Å². The van der Waals surface area contributed by atoms with Crippen LogP contribution in [-0.4, -0.2) is 46.9 Å². The van der Waals surface area contributed by atoms with Gasteiger partial charge >= 0.3 is 0 Å². The van der Waals surface area contributed by atoms with Crippen LogP contribution in [0.1, 0.15) is 54.9 Å². The Balaban J connectivity index is 1.59. The molecule has 1 aromatic carbocycles. The third kappa shape index (κ3) is 6.54. The molecule has 1 fully saturated rings. The average Bonchev–Trinajstić information content (AvgIpc) is 3.37. The van der Waals surface area contributed by atoms with Crippen molar-refractivity contribution in [3.05, 3.63) is 45.4 Å². The number of hydrogen-bond acceptors (Lipinski definition) is 5. The van der Waals surface area contributed by atoms with Crippen molar-refractivity contribution >= 4 is 17.2 Å². The number of nitrogens with zero attached hydrogens (tertiary/aromatic N) is 3. The van der Waals surface area contributed by atoms with Crippen LogP contribution in [0.15, 0.2) is 23.6 Å². The molecular weight excluding hydrogens is 394 g/mol. The van der Waals surface area contributed by atoms with Crippen molar-refractivity contribution in [2.75, 3.05) is 26.2 Å². The molecule has 5 nitrogen and oxygen atoms in total. The second kappa shape index (κ2) is 10.9. The van der Waals surface area contributed by atoms with E-state index >= 15 is 0 Å². The zero-order valence-electron chi connectivity index (χ0n) is 18.8. The number of aryl methyl sites for hydroxylation is 1. The number of ether oxygens (including phenoxy) is 1. The Labute approximate surface area is 185 Å². The maximum Gasteiger partial charge on any atom is 0.223 e. The third-order valence-corrected chi connectivity index (χ3v) is 6.55. The lowest BCUT2D eigenvalue weighted by Gasteiger charge is -2.25. The summed E-state index contributed by atoms with van der Waals surface area (Å²) < 4.78 is 6.00. The minimum atomic E-state index is 0.227. The molecule has 1 aromatic heterocycles. The molecule has 0 atom stereocenters. The first kappa shape index (κ1) is 22.8. The van der Waals surface area contributed by atoms with Gasteiger partial charge in [-0.3, -0.25) is 4.79 Å². The van der Waals surface area contributed by atoms with Gasteiger partial charge in [0.15, 0.2) is 0 Å². The Morgan fingerprint density at radius 1 is 1.27 bits per heavy atom. The fraction of sp³-hybridized carbons (Fsp3) is 0.583. The predicted molar refractivity (Wildman–Crippen MR) is 123 cm³/mol. The van der Waals surface area contributed by atoms with E-state index < -0.39 is 0 Å². The Hall–Kier alpha value is -1.92. The van der Waals surface area contributed by atoms with E-state index in [-0.39, 0.29) is 5.91 Å². The molecule has 1 amide bonds. The maximum absolute atomic E-state index is 12.8. The molecule has 0 bridgehead atoms. The quantitative estimate of drug-likeness (QED) is 0.544. The molecule has 0 N–H and O–H groups in total. The molecule has 0 spiro atoms. The normalized spacial score (nSPS) is 14.4. The van der Waals surface area contributed by atoms with Crippen molar-refractivity contribution in [2.24, 2.45) is 5.92 Å². The zero-order chi connectivity index (χ0) is 21.5. The van der Waals surface area contributed by atoms with Crippen LogP contribution in [0.5, 0.6) is 5.75 Å². The lowest BCUT2D eigenvalue weighted by atomic mass is 10.1. The van der Waals surface area contributed by atoms with Gasteiger partial charge in [-0.25, -0.2) is 4.98 Å². The van der Waals surface area contributed by atoms with Gasteiger partial charge in [-0.15, -0.1) is 11.3 Å². The molecule has 0 radical (unpaired) electrons. The molecule has 3 rings (SSSR count). The average molecular weight is 430 g/mol. The van der Waals surface area contributed by atoms with Crippen LogP contribution in [0.4, 0.5) is 0 Å². The summed E-state index contributed by atoms with van der Waals surface area (Å²) in [5, 5.41) is 3.01. The van der Waals surface area contributed by atoms with Crippen molar-refractivity contribution in [3.63, 3.8) is 0 Å². The Morgan fingerprint density at radius 2 is 2.03 bits per heavy atom. The first-order valence-corrected chi connectivity index (χ1v) is 11.9. The molecule has 2 aromatic rings. The third-order valence-electron chi connectivity index (χ3n) is 5.68. The van der Waals surface area contributed by atoms with E-state index in [1.165, 1.54) is 24.0 Å². The number of thiazole rings is 1. The Bertz CT molecular complexity index is 828. The van der Waals surface area contributed by atoms with Crippen molar-refractivity contribution < 1.29 is 9.53 Å². The second-order valence-electron chi connectivity index (χ2n) is 8.68. The molecule has 6 heteroatoms. The lowest BCUT2D eigenvalue weighted by Crippen LogP contribution is -2.38. The van der Waals surface area contributed by atoms with Gasteiger partial charge in [0, 0.05) is 24.9 Å². The van der Waals surface area contributed by atoms with E-state index in [1.54, 1.807) is 11.3 Å². The van der Waals surface area contributed by atoms with Gasteiger partial charge in [0.2, 0.25) is 5.91 Å². The first-order valence-electron chi connectivity index (χ1n) is 11.0. The summed E-state index contributed by atoms with van der Waals surface area (Å²) in [6, 6.07) is 6.11. The standard InChI is InChI=1S/C24H35N3O2S/c1-18(2)14-24(28)27(13-12-26-10-5-6-11-26)15-21-17-30-23(25-21)16-29-22-9-7-8-19(3)20(22)4/h7-9,17-18H,5-6,10-16H2,1-4H3. The summed E-state index contributed by atoms with van der Waals surface area (Å²) in [7, 11) is 0. The Morgan fingerprint density at radius 3 is 2.77 bits per heavy atom. The molecule has 1 aliphatic heterocycles. The maximum atomic E-state index is 12.8. The van der Waals surface area contributed by atoms with Crippen LogP contribution in [0.3, 0.4) is 0 Å². The minimum absolute atomic E-state index is 0.227. The van der Waals surface area contributed by atoms with Gasteiger partial charge < -0.3 is 14.5 Å². The molecule has 0 aliphatic carbocycles. The van der Waals surface area contributed by atoms with Gasteiger partial charge in [0.25, 0.3) is 0 Å². The van der Waals surface area contributed by atoms with E-state index in [1.807, 2.05) is 17.0 Å². The second-order valence-corrected chi connectivity index (χ2v) is 9.62. The highest BCUT2D eigenvalue weighted by molar-refractivity contribution is 7.09. The topological polar surface area (TPSA) is 45.7 Å². The number of carbonyl (C=O) groups excluding carboxylic acids is 1. The summed E-state index contributed by atoms with van der Waals surface area (Å²) in [4.78, 5) is 22.0. The van der Waals surface area contributed by atoms with E-state index in [0.29, 0.717) is 25.5 Å². The smallest absolute Gasteiger partial charge is 0.223 e. The summed E-state index contributed by atoms with van der Waals surface area (Å²) in [5.41, 5.74) is 3.35. The van der Waals surface area contributed by atoms with Gasteiger partial charge in [-0.05, 0) is 62.9 Å². The molecule has 0 saturated carbocycles. The summed E-state index contributed by atoms with van der Waals surface area (Å²) >= 11 is 1.61. The highest BCUT2D eigenvalue weighted by Gasteiger charge is 2.19. The van der Waals surface area contributed by atoms with E-state index in [9.17, 15) is 4.79 Å². The highest BCUT2D eigenvalue weighted by Crippen LogP contribution is 2.23. The van der Waals surface area contributed by atoms with Gasteiger partial charge in [0.1, 0.15) is 17.4 Å². The number of carbonyl (C=O) groups is 1. The molecule has 164 valence electrons. The van der Waals surface area contributed by atoms with E-state index in [2.05, 4.69) is 44.0 Å². The molecule has 2 heterocycles. The van der Waals surface area contributed by atoms with Gasteiger partial charge in [-0.1, -0.05) is 26.0 Å². The number of likely N-dealkylation sites (tertiary alicyclic amines) is 1. The van der Waals surface area contributed by atoms with Crippen LogP contribution in [0.2, 0.25) is 0 Å². The summed E-state index contributed by atoms with van der Waals surface area (Å²) in [6.07, 6.45) is 3.14. The lowest BCUT2D eigenvalue weighted by molar-refractivity contribution is -0.132. The summed E-state index contributed by atoms with van der Waals surface area (Å²) in [5.74, 6) is 1.50. The molecule has 1 aliphatic rings. The summed E-state index contributed by atoms with van der Waals surface area (Å²) in [6.45, 7) is 13.5. The highest BCUT2D eigenvalue weighted by atomic mass is 32.1. The SMILES string of the molecule is Cc1cccc(OCc2nc(CN(CCN3CCCC3)C(=O)CC(C)C)cs2)c1C. The van der Waals surface area contributed by atoms with Crippen LogP contribution >= 0.6 is 11.3 Å². The minimum Gasteiger partial charge on any atom is -0.486 e. The first-order chi connectivity index (χ1) is 14.4. The number of amides is 1. The van der Waals surface area contributed by atoms with Crippen LogP contribution in [-0.2, 0) is 17.9 Å².